The molecule has 0 radical (unpaired) electrons. The van der Waals surface area contributed by atoms with Crippen molar-refractivity contribution in [3.63, 3.8) is 0 Å². The van der Waals surface area contributed by atoms with E-state index in [1.807, 2.05) is 6.08 Å². The number of rotatable bonds is 3. The van der Waals surface area contributed by atoms with Gasteiger partial charge in [-0.2, -0.15) is 0 Å². The van der Waals surface area contributed by atoms with Crippen LogP contribution in [0.25, 0.3) is 0 Å². The molecule has 70 valence electrons. The maximum Gasteiger partial charge on any atom is 0.0848 e. The van der Waals surface area contributed by atoms with Crippen LogP contribution in [-0.2, 0) is 0 Å². The molecule has 0 aromatic carbocycles. The second-order valence-electron chi connectivity index (χ2n) is 3.74. The van der Waals surface area contributed by atoms with E-state index in [0.29, 0.717) is 6.54 Å². The van der Waals surface area contributed by atoms with E-state index in [-0.39, 0.29) is 6.10 Å². The fourth-order valence-corrected chi connectivity index (χ4v) is 1.50. The van der Waals surface area contributed by atoms with Crippen LogP contribution in [0.2, 0.25) is 0 Å². The van der Waals surface area contributed by atoms with Crippen LogP contribution in [0.4, 0.5) is 0 Å². The molecule has 1 heterocycles. The summed E-state index contributed by atoms with van der Waals surface area (Å²) >= 11 is 0. The van der Waals surface area contributed by atoms with Crippen LogP contribution in [0.1, 0.15) is 26.7 Å². The second-order valence-corrected chi connectivity index (χ2v) is 3.74. The average Bonchev–Trinajstić information content (AvgIpc) is 2.04. The van der Waals surface area contributed by atoms with E-state index in [0.717, 1.165) is 18.9 Å². The monoisotopic (exact) mass is 169 g/mol. The summed E-state index contributed by atoms with van der Waals surface area (Å²) < 4.78 is 0. The molecule has 0 amide bonds. The minimum Gasteiger partial charge on any atom is -0.388 e. The first kappa shape index (κ1) is 9.75. The molecule has 1 rings (SSSR count). The van der Waals surface area contributed by atoms with Crippen LogP contribution in [-0.4, -0.2) is 24.3 Å². The van der Waals surface area contributed by atoms with Crippen molar-refractivity contribution < 1.29 is 5.11 Å². The molecule has 12 heavy (non-hydrogen) atoms. The molecule has 2 unspecified atom stereocenters. The van der Waals surface area contributed by atoms with Gasteiger partial charge < -0.3 is 10.4 Å². The van der Waals surface area contributed by atoms with Gasteiger partial charge in [-0.05, 0) is 12.3 Å². The highest BCUT2D eigenvalue weighted by atomic mass is 16.3. The van der Waals surface area contributed by atoms with Crippen molar-refractivity contribution >= 4 is 0 Å². The van der Waals surface area contributed by atoms with E-state index in [1.165, 1.54) is 12.0 Å². The molecule has 0 fully saturated rings. The van der Waals surface area contributed by atoms with Crippen LogP contribution in [0, 0.1) is 5.92 Å². The predicted octanol–water partition coefficient (Wildman–Crippen LogP) is 1.31. The molecule has 0 bridgehead atoms. The molecule has 0 spiro atoms. The van der Waals surface area contributed by atoms with E-state index in [1.54, 1.807) is 0 Å². The summed E-state index contributed by atoms with van der Waals surface area (Å²) in [7, 11) is 0. The summed E-state index contributed by atoms with van der Waals surface area (Å²) in [6.45, 7) is 6.13. The third kappa shape index (κ3) is 2.95. The highest BCUT2D eigenvalue weighted by Crippen LogP contribution is 2.15. The Labute approximate surface area is 74.7 Å². The standard InChI is InChI=1S/C10H19NO/c1-3-8(2)4-9-5-10(12)7-11-6-9/h5,8,10-12H,3-4,6-7H2,1-2H3. The maximum absolute atomic E-state index is 9.33. The normalized spacial score (nSPS) is 26.6. The molecular formula is C10H19NO. The van der Waals surface area contributed by atoms with E-state index in [2.05, 4.69) is 19.2 Å². The number of hydrogen-bond donors (Lipinski definition) is 2. The lowest BCUT2D eigenvalue weighted by Gasteiger charge is -2.20. The first-order valence-corrected chi connectivity index (χ1v) is 4.80. The zero-order valence-corrected chi connectivity index (χ0v) is 8.01. The SMILES string of the molecule is CCC(C)CC1=CC(O)CNC1. The molecule has 0 aliphatic carbocycles. The highest BCUT2D eigenvalue weighted by Gasteiger charge is 2.11. The lowest BCUT2D eigenvalue weighted by molar-refractivity contribution is 0.212. The van der Waals surface area contributed by atoms with Gasteiger partial charge in [0.1, 0.15) is 0 Å². The van der Waals surface area contributed by atoms with Gasteiger partial charge in [0, 0.05) is 13.1 Å². The minimum atomic E-state index is -0.266. The quantitative estimate of drug-likeness (QED) is 0.624. The molecule has 1 aliphatic rings. The first-order chi connectivity index (χ1) is 5.72. The third-order valence-corrected chi connectivity index (χ3v) is 2.44. The molecule has 1 aliphatic heterocycles. The summed E-state index contributed by atoms with van der Waals surface area (Å²) in [5.74, 6) is 0.739. The van der Waals surface area contributed by atoms with Crippen molar-refractivity contribution in [1.29, 1.82) is 0 Å². The van der Waals surface area contributed by atoms with Crippen molar-refractivity contribution in [1.82, 2.24) is 5.32 Å². The highest BCUT2D eigenvalue weighted by molar-refractivity contribution is 5.11. The average molecular weight is 169 g/mol. The molecule has 2 heteroatoms. The van der Waals surface area contributed by atoms with Gasteiger partial charge >= 0.3 is 0 Å². The zero-order chi connectivity index (χ0) is 8.97. The van der Waals surface area contributed by atoms with Crippen LogP contribution >= 0.6 is 0 Å². The summed E-state index contributed by atoms with van der Waals surface area (Å²) in [6.07, 6.45) is 4.08. The van der Waals surface area contributed by atoms with Gasteiger partial charge in [0.15, 0.2) is 0 Å². The smallest absolute Gasteiger partial charge is 0.0848 e. The molecular weight excluding hydrogens is 150 g/mol. The number of β-amino-alcohol motifs (C(OH)–C–C–N with tert-alkyl or cyclic N) is 1. The first-order valence-electron chi connectivity index (χ1n) is 4.80. The Morgan fingerprint density at radius 1 is 1.75 bits per heavy atom. The summed E-state index contributed by atoms with van der Waals surface area (Å²) in [5, 5.41) is 12.5. The van der Waals surface area contributed by atoms with Crippen LogP contribution in [0.3, 0.4) is 0 Å². The van der Waals surface area contributed by atoms with Crippen LogP contribution in [0.5, 0.6) is 0 Å². The van der Waals surface area contributed by atoms with Gasteiger partial charge in [0.05, 0.1) is 6.10 Å². The summed E-state index contributed by atoms with van der Waals surface area (Å²) in [6, 6.07) is 0. The Morgan fingerprint density at radius 2 is 2.50 bits per heavy atom. The van der Waals surface area contributed by atoms with Crippen LogP contribution < -0.4 is 5.32 Å². The zero-order valence-electron chi connectivity index (χ0n) is 8.01. The molecule has 2 nitrogen and oxygen atoms in total. The molecule has 0 aromatic heterocycles. The lowest BCUT2D eigenvalue weighted by atomic mass is 9.96. The van der Waals surface area contributed by atoms with Crippen molar-refractivity contribution in [2.45, 2.75) is 32.8 Å². The predicted molar refractivity (Wildman–Crippen MR) is 51.0 cm³/mol. The Balaban J connectivity index is 2.40. The van der Waals surface area contributed by atoms with Gasteiger partial charge in [-0.25, -0.2) is 0 Å². The number of aliphatic hydroxyl groups is 1. The minimum absolute atomic E-state index is 0.266. The topological polar surface area (TPSA) is 32.3 Å². The van der Waals surface area contributed by atoms with Gasteiger partial charge in [-0.3, -0.25) is 0 Å². The molecule has 0 saturated heterocycles. The van der Waals surface area contributed by atoms with Crippen molar-refractivity contribution in [2.75, 3.05) is 13.1 Å². The Kier molecular flexibility index (Phi) is 3.76. The Bertz CT molecular complexity index is 165. The maximum atomic E-state index is 9.33. The number of hydrogen-bond acceptors (Lipinski definition) is 2. The van der Waals surface area contributed by atoms with Crippen molar-refractivity contribution in [3.8, 4) is 0 Å². The molecule has 2 N–H and O–H groups in total. The fraction of sp³-hybridized carbons (Fsp3) is 0.800. The van der Waals surface area contributed by atoms with E-state index in [4.69, 9.17) is 0 Å². The van der Waals surface area contributed by atoms with Gasteiger partial charge in [0.2, 0.25) is 0 Å². The fourth-order valence-electron chi connectivity index (χ4n) is 1.50. The van der Waals surface area contributed by atoms with E-state index in [9.17, 15) is 5.11 Å². The molecule has 0 aromatic rings. The Hall–Kier alpha value is -0.340. The lowest BCUT2D eigenvalue weighted by Crippen LogP contribution is -2.32. The van der Waals surface area contributed by atoms with Crippen LogP contribution in [0.15, 0.2) is 11.6 Å². The molecule has 0 saturated carbocycles. The van der Waals surface area contributed by atoms with E-state index < -0.39 is 0 Å². The van der Waals surface area contributed by atoms with Crippen molar-refractivity contribution in [2.24, 2.45) is 5.92 Å². The van der Waals surface area contributed by atoms with E-state index >= 15 is 0 Å². The summed E-state index contributed by atoms with van der Waals surface area (Å²) in [5.41, 5.74) is 1.36. The number of aliphatic hydroxyl groups excluding tert-OH is 1. The van der Waals surface area contributed by atoms with Gasteiger partial charge in [-0.1, -0.05) is 31.9 Å². The van der Waals surface area contributed by atoms with Gasteiger partial charge in [0.25, 0.3) is 0 Å². The second kappa shape index (κ2) is 4.63. The largest absolute Gasteiger partial charge is 0.388 e. The Morgan fingerprint density at radius 3 is 3.08 bits per heavy atom. The third-order valence-electron chi connectivity index (χ3n) is 2.44. The van der Waals surface area contributed by atoms with Gasteiger partial charge in [-0.15, -0.1) is 0 Å². The summed E-state index contributed by atoms with van der Waals surface area (Å²) in [4.78, 5) is 0. The number of nitrogens with one attached hydrogen (secondary N) is 1. The molecule has 2 atom stereocenters. The van der Waals surface area contributed by atoms with Crippen molar-refractivity contribution in [3.05, 3.63) is 11.6 Å².